The van der Waals surface area contributed by atoms with Crippen molar-refractivity contribution >= 4 is 12.0 Å². The number of likely N-dealkylation sites (N-methyl/N-ethyl adjacent to an activating group) is 1. The van der Waals surface area contributed by atoms with Crippen LogP contribution in [0.3, 0.4) is 0 Å². The summed E-state index contributed by atoms with van der Waals surface area (Å²) in [6.07, 6.45) is 0.0521. The average Bonchev–Trinajstić information content (AvgIpc) is 3.14. The zero-order chi connectivity index (χ0) is 20.4. The molecule has 1 N–H and O–H groups in total. The van der Waals surface area contributed by atoms with Gasteiger partial charge < -0.3 is 19.6 Å². The maximum atomic E-state index is 12.9. The van der Waals surface area contributed by atoms with E-state index >= 15 is 0 Å². The summed E-state index contributed by atoms with van der Waals surface area (Å²) in [7, 11) is 2.10. The molecule has 1 aromatic carbocycles. The highest BCUT2D eigenvalue weighted by molar-refractivity contribution is 5.83. The molecule has 2 amide bonds. The molecule has 1 aromatic rings. The van der Waals surface area contributed by atoms with Gasteiger partial charge in [0.2, 0.25) is 5.91 Å². The summed E-state index contributed by atoms with van der Waals surface area (Å²) in [5.74, 6) is -0.0851. The predicted molar refractivity (Wildman–Crippen MR) is 107 cm³/mol. The minimum absolute atomic E-state index is 0.0397. The molecule has 3 aliphatic rings. The molecule has 0 unspecified atom stereocenters. The van der Waals surface area contributed by atoms with Crippen LogP contribution in [0.2, 0.25) is 0 Å². The van der Waals surface area contributed by atoms with Crippen LogP contribution in [0.15, 0.2) is 30.3 Å². The van der Waals surface area contributed by atoms with E-state index in [1.54, 1.807) is 4.90 Å². The second kappa shape index (κ2) is 8.30. The first-order valence-corrected chi connectivity index (χ1v) is 10.4. The quantitative estimate of drug-likeness (QED) is 0.774. The van der Waals surface area contributed by atoms with Crippen molar-refractivity contribution in [1.29, 1.82) is 0 Å². The number of amides is 2. The number of likely N-dealkylation sites (tertiary alicyclic amines) is 1. The summed E-state index contributed by atoms with van der Waals surface area (Å²) in [5.41, 5.74) is -0.0975. The predicted octanol–water partition coefficient (Wildman–Crippen LogP) is 0.175. The Labute approximate surface area is 171 Å². The molecule has 3 aliphatic heterocycles. The molecule has 3 saturated heterocycles. The standard InChI is InChI=1S/C21H30N4O4/c1-22-9-11-23(12-10-22)18-15-24(19(26)16-25-13-14-29-20(25)27)8-7-21(18,28)17-5-3-2-4-6-17/h2-6,18,28H,7-16H2,1H3/t18-,21+/m1/s1. The lowest BCUT2D eigenvalue weighted by atomic mass is 9.79. The fourth-order valence-corrected chi connectivity index (χ4v) is 4.60. The van der Waals surface area contributed by atoms with E-state index in [1.165, 1.54) is 4.90 Å². The number of ether oxygens (including phenoxy) is 1. The zero-order valence-corrected chi connectivity index (χ0v) is 17.0. The molecule has 8 nitrogen and oxygen atoms in total. The van der Waals surface area contributed by atoms with Crippen molar-refractivity contribution in [3.05, 3.63) is 35.9 Å². The van der Waals surface area contributed by atoms with Crippen LogP contribution in [0.4, 0.5) is 4.79 Å². The highest BCUT2D eigenvalue weighted by atomic mass is 16.6. The fourth-order valence-electron chi connectivity index (χ4n) is 4.60. The molecule has 8 heteroatoms. The summed E-state index contributed by atoms with van der Waals surface area (Å²) in [4.78, 5) is 32.4. The second-order valence-electron chi connectivity index (χ2n) is 8.27. The molecule has 3 heterocycles. The number of carbonyl (C=O) groups excluding carboxylic acids is 2. The Morgan fingerprint density at radius 3 is 2.52 bits per heavy atom. The van der Waals surface area contributed by atoms with Crippen molar-refractivity contribution in [2.24, 2.45) is 0 Å². The number of carbonyl (C=O) groups is 2. The third-order valence-electron chi connectivity index (χ3n) is 6.48. The Morgan fingerprint density at radius 2 is 1.86 bits per heavy atom. The van der Waals surface area contributed by atoms with Crippen LogP contribution in [-0.2, 0) is 15.1 Å². The minimum Gasteiger partial charge on any atom is -0.448 e. The summed E-state index contributed by atoms with van der Waals surface area (Å²) >= 11 is 0. The van der Waals surface area contributed by atoms with Gasteiger partial charge in [-0.25, -0.2) is 4.79 Å². The number of piperazine rings is 1. The van der Waals surface area contributed by atoms with E-state index in [0.29, 0.717) is 32.7 Å². The Hall–Kier alpha value is -2.16. The second-order valence-corrected chi connectivity index (χ2v) is 8.27. The van der Waals surface area contributed by atoms with Gasteiger partial charge in [0.15, 0.2) is 0 Å². The van der Waals surface area contributed by atoms with Gasteiger partial charge in [0.1, 0.15) is 18.8 Å². The Morgan fingerprint density at radius 1 is 1.14 bits per heavy atom. The number of hydrogen-bond donors (Lipinski definition) is 1. The summed E-state index contributed by atoms with van der Waals surface area (Å²) < 4.78 is 4.93. The Balaban J connectivity index is 1.53. The molecular weight excluding hydrogens is 372 g/mol. The monoisotopic (exact) mass is 402 g/mol. The van der Waals surface area contributed by atoms with Gasteiger partial charge in [0, 0.05) is 39.3 Å². The van der Waals surface area contributed by atoms with Crippen molar-refractivity contribution in [3.8, 4) is 0 Å². The minimum atomic E-state index is -0.999. The molecule has 0 bridgehead atoms. The molecule has 0 radical (unpaired) electrons. The van der Waals surface area contributed by atoms with Crippen molar-refractivity contribution in [2.75, 3.05) is 66.0 Å². The molecule has 29 heavy (non-hydrogen) atoms. The fraction of sp³-hybridized carbons (Fsp3) is 0.619. The molecule has 2 atom stereocenters. The van der Waals surface area contributed by atoms with Crippen LogP contribution in [0, 0.1) is 0 Å². The van der Waals surface area contributed by atoms with Crippen molar-refractivity contribution < 1.29 is 19.4 Å². The van der Waals surface area contributed by atoms with Crippen LogP contribution >= 0.6 is 0 Å². The zero-order valence-electron chi connectivity index (χ0n) is 17.0. The first kappa shape index (κ1) is 20.1. The van der Waals surface area contributed by atoms with Crippen molar-refractivity contribution in [3.63, 3.8) is 0 Å². The molecule has 0 saturated carbocycles. The van der Waals surface area contributed by atoms with Gasteiger partial charge in [0.25, 0.3) is 0 Å². The van der Waals surface area contributed by atoms with Crippen LogP contribution in [0.25, 0.3) is 0 Å². The molecule has 158 valence electrons. The average molecular weight is 402 g/mol. The lowest BCUT2D eigenvalue weighted by Gasteiger charge is -2.51. The van der Waals surface area contributed by atoms with Crippen molar-refractivity contribution in [2.45, 2.75) is 18.1 Å². The van der Waals surface area contributed by atoms with E-state index < -0.39 is 11.7 Å². The van der Waals surface area contributed by atoms with Crippen LogP contribution < -0.4 is 0 Å². The molecule has 0 aromatic heterocycles. The number of aliphatic hydroxyl groups is 1. The number of hydrogen-bond acceptors (Lipinski definition) is 6. The highest BCUT2D eigenvalue weighted by Gasteiger charge is 2.47. The van der Waals surface area contributed by atoms with Gasteiger partial charge in [0.05, 0.1) is 12.6 Å². The van der Waals surface area contributed by atoms with Gasteiger partial charge in [-0.3, -0.25) is 14.6 Å². The lowest BCUT2D eigenvalue weighted by Crippen LogP contribution is -2.64. The first-order chi connectivity index (χ1) is 14.0. The summed E-state index contributed by atoms with van der Waals surface area (Å²) in [5, 5.41) is 11.8. The smallest absolute Gasteiger partial charge is 0.410 e. The van der Waals surface area contributed by atoms with Gasteiger partial charge in [-0.05, 0) is 19.0 Å². The maximum Gasteiger partial charge on any atom is 0.410 e. The third-order valence-corrected chi connectivity index (χ3v) is 6.48. The van der Waals surface area contributed by atoms with Crippen molar-refractivity contribution in [1.82, 2.24) is 19.6 Å². The largest absolute Gasteiger partial charge is 0.448 e. The SMILES string of the molecule is CN1CCN([C@@H]2CN(C(=O)CN3CCOC3=O)CC[C@]2(O)c2ccccc2)CC1. The number of cyclic esters (lactones) is 1. The van der Waals surface area contributed by atoms with E-state index in [4.69, 9.17) is 4.74 Å². The molecule has 4 rings (SSSR count). The van der Waals surface area contributed by atoms with Gasteiger partial charge in [-0.15, -0.1) is 0 Å². The number of rotatable bonds is 4. The van der Waals surface area contributed by atoms with Crippen LogP contribution in [0.5, 0.6) is 0 Å². The highest BCUT2D eigenvalue weighted by Crippen LogP contribution is 2.36. The van der Waals surface area contributed by atoms with E-state index in [-0.39, 0.29) is 18.5 Å². The van der Waals surface area contributed by atoms with E-state index in [1.807, 2.05) is 30.3 Å². The summed E-state index contributed by atoms with van der Waals surface area (Å²) in [6.45, 7) is 5.35. The number of piperidine rings is 1. The van der Waals surface area contributed by atoms with E-state index in [2.05, 4.69) is 16.8 Å². The first-order valence-electron chi connectivity index (χ1n) is 10.4. The normalized spacial score (nSPS) is 29.2. The lowest BCUT2D eigenvalue weighted by molar-refractivity contribution is -0.145. The molecule has 0 aliphatic carbocycles. The molecular formula is C21H30N4O4. The molecule has 3 fully saturated rings. The van der Waals surface area contributed by atoms with Crippen LogP contribution in [-0.4, -0.2) is 109 Å². The topological polar surface area (TPSA) is 76.6 Å². The van der Waals surface area contributed by atoms with E-state index in [0.717, 1.165) is 31.7 Å². The Bertz CT molecular complexity index is 737. The Kier molecular flexibility index (Phi) is 5.76. The summed E-state index contributed by atoms with van der Waals surface area (Å²) in [6, 6.07) is 9.62. The number of benzene rings is 1. The van der Waals surface area contributed by atoms with Gasteiger partial charge in [-0.1, -0.05) is 30.3 Å². The van der Waals surface area contributed by atoms with Gasteiger partial charge >= 0.3 is 6.09 Å². The van der Waals surface area contributed by atoms with E-state index in [9.17, 15) is 14.7 Å². The number of nitrogens with zero attached hydrogens (tertiary/aromatic N) is 4. The molecule has 0 spiro atoms. The maximum absolute atomic E-state index is 12.9. The van der Waals surface area contributed by atoms with Gasteiger partial charge in [-0.2, -0.15) is 0 Å². The van der Waals surface area contributed by atoms with Crippen LogP contribution in [0.1, 0.15) is 12.0 Å². The third kappa shape index (κ3) is 4.10.